The number of nitrogens with one attached hydrogen (secondary N) is 2. The number of unbranched alkanes of at least 4 members (excludes halogenated alkanes) is 1. The van der Waals surface area contributed by atoms with Crippen LogP contribution in [0.15, 0.2) is 0 Å². The molecule has 20 heavy (non-hydrogen) atoms. The topological polar surface area (TPSA) is 76.1 Å². The molecule has 0 unspecified atom stereocenters. The lowest BCUT2D eigenvalue weighted by atomic mass is 10.3. The fourth-order valence-corrected chi connectivity index (χ4v) is 2.13. The van der Waals surface area contributed by atoms with Crippen LogP contribution in [-0.4, -0.2) is 41.9 Å². The van der Waals surface area contributed by atoms with E-state index in [1.165, 1.54) is 11.3 Å². The SMILES string of the molecule is CCCNc1nnc(C(=O)NCCCCOC(C)C)s1. The van der Waals surface area contributed by atoms with E-state index in [1.807, 2.05) is 13.8 Å². The largest absolute Gasteiger partial charge is 0.379 e. The Morgan fingerprint density at radius 3 is 2.80 bits per heavy atom. The molecule has 0 aromatic carbocycles. The zero-order valence-corrected chi connectivity index (χ0v) is 13.3. The fraction of sp³-hybridized carbons (Fsp3) is 0.769. The summed E-state index contributed by atoms with van der Waals surface area (Å²) in [4.78, 5) is 11.8. The maximum Gasteiger partial charge on any atom is 0.282 e. The van der Waals surface area contributed by atoms with Gasteiger partial charge in [-0.05, 0) is 33.1 Å². The summed E-state index contributed by atoms with van der Waals surface area (Å²) in [6.45, 7) is 8.31. The van der Waals surface area contributed by atoms with Crippen molar-refractivity contribution in [1.82, 2.24) is 15.5 Å². The molecular weight excluding hydrogens is 276 g/mol. The van der Waals surface area contributed by atoms with Crippen molar-refractivity contribution in [3.8, 4) is 0 Å². The Kier molecular flexibility index (Phi) is 8.13. The first-order valence-electron chi connectivity index (χ1n) is 7.10. The number of hydrogen-bond donors (Lipinski definition) is 2. The number of carbonyl (C=O) groups is 1. The van der Waals surface area contributed by atoms with Crippen molar-refractivity contribution in [3.63, 3.8) is 0 Å². The minimum Gasteiger partial charge on any atom is -0.379 e. The maximum absolute atomic E-state index is 11.8. The van der Waals surface area contributed by atoms with Crippen LogP contribution >= 0.6 is 11.3 Å². The molecule has 1 heterocycles. The highest BCUT2D eigenvalue weighted by Crippen LogP contribution is 2.14. The maximum atomic E-state index is 11.8. The monoisotopic (exact) mass is 300 g/mol. The van der Waals surface area contributed by atoms with Crippen molar-refractivity contribution in [2.75, 3.05) is 25.0 Å². The summed E-state index contributed by atoms with van der Waals surface area (Å²) in [5, 5.41) is 14.9. The van der Waals surface area contributed by atoms with Crippen molar-refractivity contribution in [2.24, 2.45) is 0 Å². The minimum absolute atomic E-state index is 0.156. The molecule has 1 amide bonds. The third kappa shape index (κ3) is 6.81. The molecule has 0 saturated carbocycles. The Morgan fingerprint density at radius 1 is 1.30 bits per heavy atom. The molecule has 0 saturated heterocycles. The highest BCUT2D eigenvalue weighted by atomic mass is 32.1. The lowest BCUT2D eigenvalue weighted by Gasteiger charge is -2.07. The van der Waals surface area contributed by atoms with Crippen LogP contribution in [0.3, 0.4) is 0 Å². The van der Waals surface area contributed by atoms with Crippen LogP contribution < -0.4 is 10.6 Å². The van der Waals surface area contributed by atoms with Crippen molar-refractivity contribution < 1.29 is 9.53 Å². The third-order valence-corrected chi connectivity index (χ3v) is 3.33. The first-order chi connectivity index (χ1) is 9.63. The number of nitrogens with zero attached hydrogens (tertiary/aromatic N) is 2. The van der Waals surface area contributed by atoms with E-state index in [4.69, 9.17) is 4.74 Å². The molecular formula is C13H24N4O2S. The van der Waals surface area contributed by atoms with Gasteiger partial charge in [0.2, 0.25) is 10.1 Å². The molecule has 7 heteroatoms. The summed E-state index contributed by atoms with van der Waals surface area (Å²) in [5.41, 5.74) is 0. The summed E-state index contributed by atoms with van der Waals surface area (Å²) < 4.78 is 5.43. The van der Waals surface area contributed by atoms with Gasteiger partial charge in [-0.25, -0.2) is 0 Å². The number of amides is 1. The Morgan fingerprint density at radius 2 is 2.10 bits per heavy atom. The summed E-state index contributed by atoms with van der Waals surface area (Å²) in [7, 11) is 0. The molecule has 0 atom stereocenters. The second kappa shape index (κ2) is 9.66. The van der Waals surface area contributed by atoms with Gasteiger partial charge in [-0.2, -0.15) is 0 Å². The standard InChI is InChI=1S/C13H24N4O2S/c1-4-7-15-13-17-16-12(20-13)11(18)14-8-5-6-9-19-10(2)3/h10H,4-9H2,1-3H3,(H,14,18)(H,15,17). The number of carbonyl (C=O) groups excluding carboxylic acids is 1. The quantitative estimate of drug-likeness (QED) is 0.648. The molecule has 1 rings (SSSR count). The average Bonchev–Trinajstić information content (AvgIpc) is 2.88. The third-order valence-electron chi connectivity index (χ3n) is 2.45. The molecule has 6 nitrogen and oxygen atoms in total. The number of ether oxygens (including phenoxy) is 1. The molecule has 1 aromatic heterocycles. The molecule has 0 fully saturated rings. The van der Waals surface area contributed by atoms with Crippen LogP contribution in [0.4, 0.5) is 5.13 Å². The molecule has 0 aliphatic carbocycles. The number of hydrogen-bond acceptors (Lipinski definition) is 6. The van der Waals surface area contributed by atoms with Crippen LogP contribution in [0.2, 0.25) is 0 Å². The first kappa shape index (κ1) is 16.8. The Balaban J connectivity index is 2.17. The summed E-state index contributed by atoms with van der Waals surface area (Å²) in [5.74, 6) is -0.156. The van der Waals surface area contributed by atoms with Crippen molar-refractivity contribution in [3.05, 3.63) is 5.01 Å². The highest BCUT2D eigenvalue weighted by Gasteiger charge is 2.11. The summed E-state index contributed by atoms with van der Waals surface area (Å²) in [6.07, 6.45) is 3.12. The van der Waals surface area contributed by atoms with E-state index in [0.29, 0.717) is 16.7 Å². The van der Waals surface area contributed by atoms with E-state index in [-0.39, 0.29) is 12.0 Å². The molecule has 0 spiro atoms. The van der Waals surface area contributed by atoms with Crippen molar-refractivity contribution in [2.45, 2.75) is 46.1 Å². The van der Waals surface area contributed by atoms with Gasteiger partial charge < -0.3 is 15.4 Å². The predicted octanol–water partition coefficient (Wildman–Crippen LogP) is 2.29. The van der Waals surface area contributed by atoms with Crippen molar-refractivity contribution in [1.29, 1.82) is 0 Å². The molecule has 114 valence electrons. The Hall–Kier alpha value is -1.21. The first-order valence-corrected chi connectivity index (χ1v) is 7.92. The van der Waals surface area contributed by atoms with Crippen LogP contribution in [0.5, 0.6) is 0 Å². The zero-order valence-electron chi connectivity index (χ0n) is 12.4. The molecule has 1 aromatic rings. The lowest BCUT2D eigenvalue weighted by Crippen LogP contribution is -2.24. The van der Waals surface area contributed by atoms with E-state index in [2.05, 4.69) is 27.8 Å². The second-order valence-corrected chi connectivity index (χ2v) is 5.70. The van der Waals surface area contributed by atoms with Gasteiger partial charge in [0.25, 0.3) is 5.91 Å². The van der Waals surface area contributed by atoms with E-state index in [0.717, 1.165) is 32.4 Å². The fourth-order valence-electron chi connectivity index (χ4n) is 1.44. The number of rotatable bonds is 10. The number of anilines is 1. The van der Waals surface area contributed by atoms with Crippen LogP contribution in [-0.2, 0) is 4.74 Å². The predicted molar refractivity (Wildman–Crippen MR) is 81.3 cm³/mol. The summed E-state index contributed by atoms with van der Waals surface area (Å²) >= 11 is 1.28. The highest BCUT2D eigenvalue weighted by molar-refractivity contribution is 7.17. The second-order valence-electron chi connectivity index (χ2n) is 4.72. The average molecular weight is 300 g/mol. The van der Waals surface area contributed by atoms with Gasteiger partial charge in [-0.1, -0.05) is 18.3 Å². The zero-order chi connectivity index (χ0) is 14.8. The molecule has 0 radical (unpaired) electrons. The van der Waals surface area contributed by atoms with E-state index in [9.17, 15) is 4.79 Å². The van der Waals surface area contributed by atoms with Gasteiger partial charge >= 0.3 is 0 Å². The Labute approximate surface area is 124 Å². The van der Waals surface area contributed by atoms with E-state index in [1.54, 1.807) is 0 Å². The van der Waals surface area contributed by atoms with E-state index >= 15 is 0 Å². The molecule has 2 N–H and O–H groups in total. The minimum atomic E-state index is -0.156. The van der Waals surface area contributed by atoms with E-state index < -0.39 is 0 Å². The summed E-state index contributed by atoms with van der Waals surface area (Å²) in [6, 6.07) is 0. The van der Waals surface area contributed by atoms with Gasteiger partial charge in [-0.3, -0.25) is 4.79 Å². The lowest BCUT2D eigenvalue weighted by molar-refractivity contribution is 0.0754. The van der Waals surface area contributed by atoms with Crippen LogP contribution in [0.1, 0.15) is 49.8 Å². The normalized spacial score (nSPS) is 10.8. The van der Waals surface area contributed by atoms with Crippen LogP contribution in [0, 0.1) is 0 Å². The van der Waals surface area contributed by atoms with Crippen LogP contribution in [0.25, 0.3) is 0 Å². The van der Waals surface area contributed by atoms with Gasteiger partial charge in [0.15, 0.2) is 0 Å². The number of aromatic nitrogens is 2. The molecule has 0 aliphatic rings. The van der Waals surface area contributed by atoms with Gasteiger partial charge in [0.1, 0.15) is 0 Å². The van der Waals surface area contributed by atoms with Gasteiger partial charge in [-0.15, -0.1) is 10.2 Å². The van der Waals surface area contributed by atoms with Crippen molar-refractivity contribution >= 4 is 22.4 Å². The van der Waals surface area contributed by atoms with Gasteiger partial charge in [0.05, 0.1) is 6.10 Å². The Bertz CT molecular complexity index is 395. The smallest absolute Gasteiger partial charge is 0.282 e. The molecule has 0 aliphatic heterocycles. The van der Waals surface area contributed by atoms with Gasteiger partial charge in [0, 0.05) is 19.7 Å². The molecule has 0 bridgehead atoms.